The number of hydrogen-bond donors (Lipinski definition) is 1. The van der Waals surface area contributed by atoms with Gasteiger partial charge in [-0.15, -0.1) is 0 Å². The SMILES string of the molecule is O=C(NC1CC1)[C@@H](Oc1ccc(Br)cc1Br)c1ccccc1. The Morgan fingerprint density at radius 1 is 1.14 bits per heavy atom. The fourth-order valence-electron chi connectivity index (χ4n) is 2.10. The smallest absolute Gasteiger partial charge is 0.266 e. The van der Waals surface area contributed by atoms with E-state index in [0.29, 0.717) is 11.8 Å². The normalized spacial score (nSPS) is 15.2. The summed E-state index contributed by atoms with van der Waals surface area (Å²) in [6.45, 7) is 0. The summed E-state index contributed by atoms with van der Waals surface area (Å²) >= 11 is 6.89. The topological polar surface area (TPSA) is 38.3 Å². The van der Waals surface area contributed by atoms with Crippen LogP contribution in [0.4, 0.5) is 0 Å². The maximum Gasteiger partial charge on any atom is 0.266 e. The molecule has 114 valence electrons. The minimum Gasteiger partial charge on any atom is -0.475 e. The highest BCUT2D eigenvalue weighted by Crippen LogP contribution is 2.32. The van der Waals surface area contributed by atoms with E-state index in [-0.39, 0.29) is 5.91 Å². The lowest BCUT2D eigenvalue weighted by molar-refractivity contribution is -0.128. The third-order valence-electron chi connectivity index (χ3n) is 3.40. The molecule has 1 amide bonds. The van der Waals surface area contributed by atoms with Crippen LogP contribution in [0, 0.1) is 0 Å². The van der Waals surface area contributed by atoms with Crippen LogP contribution in [0.2, 0.25) is 0 Å². The van der Waals surface area contributed by atoms with Crippen molar-refractivity contribution in [2.24, 2.45) is 0 Å². The molecule has 0 spiro atoms. The second kappa shape index (κ2) is 6.84. The number of halogens is 2. The Bertz CT molecular complexity index is 672. The molecule has 22 heavy (non-hydrogen) atoms. The predicted octanol–water partition coefficient (Wildman–Crippen LogP) is 4.61. The van der Waals surface area contributed by atoms with Gasteiger partial charge in [0.05, 0.1) is 4.47 Å². The number of ether oxygens (including phenoxy) is 1. The van der Waals surface area contributed by atoms with Gasteiger partial charge in [0.2, 0.25) is 6.10 Å². The zero-order valence-corrected chi connectivity index (χ0v) is 14.9. The van der Waals surface area contributed by atoms with Gasteiger partial charge in [-0.05, 0) is 47.0 Å². The van der Waals surface area contributed by atoms with Gasteiger partial charge in [0, 0.05) is 16.1 Å². The molecule has 0 aliphatic heterocycles. The number of rotatable bonds is 5. The predicted molar refractivity (Wildman–Crippen MR) is 92.8 cm³/mol. The lowest BCUT2D eigenvalue weighted by Crippen LogP contribution is -2.33. The van der Waals surface area contributed by atoms with Gasteiger partial charge >= 0.3 is 0 Å². The molecule has 2 aromatic carbocycles. The van der Waals surface area contributed by atoms with Gasteiger partial charge < -0.3 is 10.1 Å². The quantitative estimate of drug-likeness (QED) is 0.760. The molecule has 0 heterocycles. The van der Waals surface area contributed by atoms with E-state index in [9.17, 15) is 4.79 Å². The molecule has 0 unspecified atom stereocenters. The lowest BCUT2D eigenvalue weighted by Gasteiger charge is -2.20. The van der Waals surface area contributed by atoms with Crippen LogP contribution in [0.25, 0.3) is 0 Å². The summed E-state index contributed by atoms with van der Waals surface area (Å²) in [5, 5.41) is 3.02. The highest BCUT2D eigenvalue weighted by molar-refractivity contribution is 9.11. The summed E-state index contributed by atoms with van der Waals surface area (Å²) in [5.74, 6) is 0.548. The molecular formula is C17H15Br2NO2. The highest BCUT2D eigenvalue weighted by Gasteiger charge is 2.30. The fraction of sp³-hybridized carbons (Fsp3) is 0.235. The Morgan fingerprint density at radius 2 is 1.86 bits per heavy atom. The second-order valence-electron chi connectivity index (χ2n) is 5.27. The van der Waals surface area contributed by atoms with Crippen molar-refractivity contribution in [3.05, 3.63) is 63.0 Å². The van der Waals surface area contributed by atoms with Gasteiger partial charge in [-0.25, -0.2) is 0 Å². The van der Waals surface area contributed by atoms with Crippen LogP contribution >= 0.6 is 31.9 Å². The Labute approximate surface area is 146 Å². The Hall–Kier alpha value is -1.33. The first kappa shape index (κ1) is 15.6. The van der Waals surface area contributed by atoms with Crippen LogP contribution < -0.4 is 10.1 Å². The van der Waals surface area contributed by atoms with Crippen LogP contribution in [0.5, 0.6) is 5.75 Å². The molecule has 1 aliphatic rings. The number of amides is 1. The number of nitrogens with one attached hydrogen (secondary N) is 1. The van der Waals surface area contributed by atoms with Crippen LogP contribution in [-0.2, 0) is 4.79 Å². The summed E-state index contributed by atoms with van der Waals surface area (Å²) in [5.41, 5.74) is 0.843. The molecule has 1 fully saturated rings. The zero-order valence-electron chi connectivity index (χ0n) is 11.8. The van der Waals surface area contributed by atoms with E-state index in [4.69, 9.17) is 4.74 Å². The van der Waals surface area contributed by atoms with Crippen molar-refractivity contribution >= 4 is 37.8 Å². The zero-order chi connectivity index (χ0) is 15.5. The number of hydrogen-bond acceptors (Lipinski definition) is 2. The highest BCUT2D eigenvalue weighted by atomic mass is 79.9. The van der Waals surface area contributed by atoms with Crippen molar-refractivity contribution < 1.29 is 9.53 Å². The number of carbonyl (C=O) groups is 1. The van der Waals surface area contributed by atoms with Gasteiger partial charge in [-0.1, -0.05) is 46.3 Å². The summed E-state index contributed by atoms with van der Waals surface area (Å²) < 4.78 is 7.75. The standard InChI is InChI=1S/C17H15Br2NO2/c18-12-6-9-15(14(19)10-12)22-16(11-4-2-1-3-5-11)17(21)20-13-7-8-13/h1-6,9-10,13,16H,7-8H2,(H,20,21)/t16-/m0/s1. The largest absolute Gasteiger partial charge is 0.475 e. The van der Waals surface area contributed by atoms with E-state index >= 15 is 0 Å². The number of benzene rings is 2. The molecule has 1 aliphatic carbocycles. The average Bonchev–Trinajstić information content (AvgIpc) is 3.31. The summed E-state index contributed by atoms with van der Waals surface area (Å²) in [7, 11) is 0. The molecule has 0 radical (unpaired) electrons. The molecule has 1 saturated carbocycles. The van der Waals surface area contributed by atoms with Crippen LogP contribution in [0.15, 0.2) is 57.5 Å². The van der Waals surface area contributed by atoms with Crippen molar-refractivity contribution in [1.29, 1.82) is 0 Å². The fourth-order valence-corrected chi connectivity index (χ4v) is 3.24. The third kappa shape index (κ3) is 3.90. The van der Waals surface area contributed by atoms with E-state index in [1.165, 1.54) is 0 Å². The van der Waals surface area contributed by atoms with Crippen LogP contribution in [0.1, 0.15) is 24.5 Å². The van der Waals surface area contributed by atoms with E-state index in [0.717, 1.165) is 27.4 Å². The number of carbonyl (C=O) groups excluding carboxylic acids is 1. The van der Waals surface area contributed by atoms with E-state index in [1.54, 1.807) is 0 Å². The van der Waals surface area contributed by atoms with Crippen LogP contribution in [0.3, 0.4) is 0 Å². The molecule has 0 bridgehead atoms. The summed E-state index contributed by atoms with van der Waals surface area (Å²) in [6, 6.07) is 15.5. The monoisotopic (exact) mass is 423 g/mol. The van der Waals surface area contributed by atoms with Crippen molar-refractivity contribution in [3.63, 3.8) is 0 Å². The van der Waals surface area contributed by atoms with Gasteiger partial charge in [0.1, 0.15) is 5.75 Å². The Morgan fingerprint density at radius 3 is 2.50 bits per heavy atom. The average molecular weight is 425 g/mol. The molecule has 3 rings (SSSR count). The van der Waals surface area contributed by atoms with E-state index < -0.39 is 6.10 Å². The molecule has 1 atom stereocenters. The van der Waals surface area contributed by atoms with E-state index in [1.807, 2.05) is 48.5 Å². The Kier molecular flexibility index (Phi) is 4.84. The minimum absolute atomic E-state index is 0.0940. The molecule has 3 nitrogen and oxygen atoms in total. The summed E-state index contributed by atoms with van der Waals surface area (Å²) in [4.78, 5) is 12.5. The first-order valence-electron chi connectivity index (χ1n) is 7.10. The van der Waals surface area contributed by atoms with Gasteiger partial charge in [-0.3, -0.25) is 4.79 Å². The molecule has 5 heteroatoms. The first-order valence-corrected chi connectivity index (χ1v) is 8.69. The third-order valence-corrected chi connectivity index (χ3v) is 4.52. The molecule has 0 aromatic heterocycles. The van der Waals surface area contributed by atoms with Gasteiger partial charge in [-0.2, -0.15) is 0 Å². The lowest BCUT2D eigenvalue weighted by atomic mass is 10.1. The Balaban J connectivity index is 1.85. The second-order valence-corrected chi connectivity index (χ2v) is 7.04. The van der Waals surface area contributed by atoms with Crippen molar-refractivity contribution in [2.45, 2.75) is 25.0 Å². The first-order chi connectivity index (χ1) is 10.6. The maximum atomic E-state index is 12.5. The molecule has 0 saturated heterocycles. The van der Waals surface area contributed by atoms with Crippen LogP contribution in [-0.4, -0.2) is 11.9 Å². The molecule has 1 N–H and O–H groups in total. The van der Waals surface area contributed by atoms with Crippen molar-refractivity contribution in [2.75, 3.05) is 0 Å². The van der Waals surface area contributed by atoms with Crippen molar-refractivity contribution in [3.8, 4) is 5.75 Å². The van der Waals surface area contributed by atoms with Crippen molar-refractivity contribution in [1.82, 2.24) is 5.32 Å². The maximum absolute atomic E-state index is 12.5. The van der Waals surface area contributed by atoms with E-state index in [2.05, 4.69) is 37.2 Å². The van der Waals surface area contributed by atoms with Gasteiger partial charge in [0.25, 0.3) is 5.91 Å². The summed E-state index contributed by atoms with van der Waals surface area (Å²) in [6.07, 6.45) is 1.45. The minimum atomic E-state index is -0.653. The molecule has 2 aromatic rings. The molecular weight excluding hydrogens is 410 g/mol. The van der Waals surface area contributed by atoms with Gasteiger partial charge in [0.15, 0.2) is 0 Å².